The number of imidazole rings is 1. The van der Waals surface area contributed by atoms with Crippen LogP contribution in [0.15, 0.2) is 30.6 Å². The molecule has 102 valence electrons. The maximum Gasteiger partial charge on any atom is 0.131 e. The SMILES string of the molecule is CCCn1ccnc1C(NN)c1ccc(F)c(C)c1. The maximum atomic E-state index is 13.3. The Morgan fingerprint density at radius 2 is 2.26 bits per heavy atom. The molecule has 19 heavy (non-hydrogen) atoms. The Kier molecular flexibility index (Phi) is 4.29. The third-order valence-electron chi connectivity index (χ3n) is 3.15. The molecule has 5 heteroatoms. The summed E-state index contributed by atoms with van der Waals surface area (Å²) in [6.07, 6.45) is 4.70. The Labute approximate surface area is 112 Å². The highest BCUT2D eigenvalue weighted by atomic mass is 19.1. The lowest BCUT2D eigenvalue weighted by atomic mass is 10.0. The minimum atomic E-state index is -0.235. The standard InChI is InChI=1S/C14H19FN4/c1-3-7-19-8-6-17-14(19)13(18-16)11-4-5-12(15)10(2)9-11/h4-6,8-9,13,18H,3,7,16H2,1-2H3. The average Bonchev–Trinajstić information content (AvgIpc) is 2.83. The highest BCUT2D eigenvalue weighted by Gasteiger charge is 2.18. The van der Waals surface area contributed by atoms with Gasteiger partial charge in [0.15, 0.2) is 0 Å². The molecule has 0 saturated carbocycles. The van der Waals surface area contributed by atoms with Crippen LogP contribution in [0.2, 0.25) is 0 Å². The Balaban J connectivity index is 2.38. The molecule has 0 spiro atoms. The van der Waals surface area contributed by atoms with Gasteiger partial charge in [0.2, 0.25) is 0 Å². The zero-order chi connectivity index (χ0) is 13.8. The van der Waals surface area contributed by atoms with Gasteiger partial charge in [0.05, 0.1) is 0 Å². The molecule has 4 nitrogen and oxygen atoms in total. The quantitative estimate of drug-likeness (QED) is 0.642. The van der Waals surface area contributed by atoms with Crippen molar-refractivity contribution in [1.82, 2.24) is 15.0 Å². The number of benzene rings is 1. The Morgan fingerprint density at radius 1 is 1.47 bits per heavy atom. The highest BCUT2D eigenvalue weighted by Crippen LogP contribution is 2.22. The van der Waals surface area contributed by atoms with E-state index in [0.29, 0.717) is 5.56 Å². The third kappa shape index (κ3) is 2.83. The van der Waals surface area contributed by atoms with Crippen molar-refractivity contribution < 1.29 is 4.39 Å². The molecule has 0 radical (unpaired) electrons. The van der Waals surface area contributed by atoms with Gasteiger partial charge in [0, 0.05) is 18.9 Å². The number of aromatic nitrogens is 2. The number of nitrogens with zero attached hydrogens (tertiary/aromatic N) is 2. The van der Waals surface area contributed by atoms with Crippen LogP contribution < -0.4 is 11.3 Å². The summed E-state index contributed by atoms with van der Waals surface area (Å²) in [4.78, 5) is 4.36. The second kappa shape index (κ2) is 5.95. The fourth-order valence-corrected chi connectivity index (χ4v) is 2.18. The second-order valence-corrected chi connectivity index (χ2v) is 4.59. The van der Waals surface area contributed by atoms with Crippen molar-refractivity contribution in [3.63, 3.8) is 0 Å². The van der Waals surface area contributed by atoms with E-state index in [1.54, 1.807) is 25.3 Å². The lowest BCUT2D eigenvalue weighted by Crippen LogP contribution is -2.31. The summed E-state index contributed by atoms with van der Waals surface area (Å²) in [5.74, 6) is 6.28. The Hall–Kier alpha value is -1.72. The number of hydrogen-bond acceptors (Lipinski definition) is 3. The molecule has 1 aromatic carbocycles. The molecule has 0 bridgehead atoms. The summed E-state index contributed by atoms with van der Waals surface area (Å²) in [5.41, 5.74) is 4.27. The van der Waals surface area contributed by atoms with Crippen molar-refractivity contribution in [1.29, 1.82) is 0 Å². The van der Waals surface area contributed by atoms with E-state index in [0.717, 1.165) is 24.4 Å². The van der Waals surface area contributed by atoms with Gasteiger partial charge >= 0.3 is 0 Å². The van der Waals surface area contributed by atoms with Crippen LogP contribution in [-0.2, 0) is 6.54 Å². The Morgan fingerprint density at radius 3 is 2.89 bits per heavy atom. The van der Waals surface area contributed by atoms with Crippen LogP contribution in [0.25, 0.3) is 0 Å². The van der Waals surface area contributed by atoms with Gasteiger partial charge < -0.3 is 4.57 Å². The van der Waals surface area contributed by atoms with Crippen LogP contribution >= 0.6 is 0 Å². The molecule has 0 aliphatic rings. The third-order valence-corrected chi connectivity index (χ3v) is 3.15. The summed E-state index contributed by atoms with van der Waals surface area (Å²) >= 11 is 0. The number of nitrogens with one attached hydrogen (secondary N) is 1. The molecule has 2 aromatic rings. The van der Waals surface area contributed by atoms with Gasteiger partial charge in [0.1, 0.15) is 17.7 Å². The molecule has 0 aliphatic carbocycles. The van der Waals surface area contributed by atoms with E-state index in [1.807, 2.05) is 6.20 Å². The first kappa shape index (κ1) is 13.7. The molecule has 1 atom stereocenters. The lowest BCUT2D eigenvalue weighted by Gasteiger charge is -2.18. The molecule has 0 amide bonds. The number of hydrazine groups is 1. The molecule has 1 aromatic heterocycles. The van der Waals surface area contributed by atoms with Crippen molar-refractivity contribution in [3.05, 3.63) is 53.4 Å². The van der Waals surface area contributed by atoms with E-state index >= 15 is 0 Å². The first-order valence-electron chi connectivity index (χ1n) is 6.40. The molecule has 0 fully saturated rings. The van der Waals surface area contributed by atoms with Crippen LogP contribution in [0.3, 0.4) is 0 Å². The molecule has 3 N–H and O–H groups in total. The van der Waals surface area contributed by atoms with E-state index in [2.05, 4.69) is 21.9 Å². The van der Waals surface area contributed by atoms with Crippen molar-refractivity contribution in [2.45, 2.75) is 32.9 Å². The zero-order valence-electron chi connectivity index (χ0n) is 11.2. The van der Waals surface area contributed by atoms with Crippen molar-refractivity contribution in [3.8, 4) is 0 Å². The van der Waals surface area contributed by atoms with E-state index in [9.17, 15) is 4.39 Å². The number of aryl methyl sites for hydroxylation is 2. The van der Waals surface area contributed by atoms with Gasteiger partial charge in [-0.3, -0.25) is 5.84 Å². The minimum Gasteiger partial charge on any atom is -0.333 e. The maximum absolute atomic E-state index is 13.3. The van der Waals surface area contributed by atoms with Gasteiger partial charge in [-0.15, -0.1) is 0 Å². The van der Waals surface area contributed by atoms with Crippen LogP contribution in [0, 0.1) is 12.7 Å². The molecule has 1 heterocycles. The monoisotopic (exact) mass is 262 g/mol. The fourth-order valence-electron chi connectivity index (χ4n) is 2.18. The van der Waals surface area contributed by atoms with E-state index < -0.39 is 0 Å². The average molecular weight is 262 g/mol. The molecule has 1 unspecified atom stereocenters. The lowest BCUT2D eigenvalue weighted by molar-refractivity contribution is 0.543. The number of rotatable bonds is 5. The van der Waals surface area contributed by atoms with E-state index in [4.69, 9.17) is 5.84 Å². The van der Waals surface area contributed by atoms with Crippen LogP contribution in [0.4, 0.5) is 4.39 Å². The molecular formula is C14H19FN4. The van der Waals surface area contributed by atoms with E-state index in [1.165, 1.54) is 6.07 Å². The smallest absolute Gasteiger partial charge is 0.131 e. The second-order valence-electron chi connectivity index (χ2n) is 4.59. The number of nitrogens with two attached hydrogens (primary N) is 1. The van der Waals surface area contributed by atoms with Gasteiger partial charge in [-0.25, -0.2) is 14.8 Å². The van der Waals surface area contributed by atoms with Gasteiger partial charge in [0.25, 0.3) is 0 Å². The topological polar surface area (TPSA) is 55.9 Å². The predicted octanol–water partition coefficient (Wildman–Crippen LogP) is 2.29. The fraction of sp³-hybridized carbons (Fsp3) is 0.357. The molecule has 0 saturated heterocycles. The minimum absolute atomic E-state index is 0.212. The summed E-state index contributed by atoms with van der Waals surface area (Å²) in [6.45, 7) is 4.73. The molecule has 0 aliphatic heterocycles. The van der Waals surface area contributed by atoms with E-state index in [-0.39, 0.29) is 11.9 Å². The van der Waals surface area contributed by atoms with Crippen LogP contribution in [0.5, 0.6) is 0 Å². The number of hydrogen-bond donors (Lipinski definition) is 2. The van der Waals surface area contributed by atoms with Crippen molar-refractivity contribution in [2.24, 2.45) is 5.84 Å². The van der Waals surface area contributed by atoms with Crippen molar-refractivity contribution >= 4 is 0 Å². The molecular weight excluding hydrogens is 243 g/mol. The molecule has 2 rings (SSSR count). The summed E-state index contributed by atoms with van der Waals surface area (Å²) in [6, 6.07) is 4.76. The summed E-state index contributed by atoms with van der Waals surface area (Å²) < 4.78 is 15.4. The largest absolute Gasteiger partial charge is 0.333 e. The van der Waals surface area contributed by atoms with Crippen molar-refractivity contribution in [2.75, 3.05) is 0 Å². The summed E-state index contributed by atoms with van der Waals surface area (Å²) in [7, 11) is 0. The zero-order valence-corrected chi connectivity index (χ0v) is 11.2. The van der Waals surface area contributed by atoms with Crippen LogP contribution in [-0.4, -0.2) is 9.55 Å². The predicted molar refractivity (Wildman–Crippen MR) is 72.8 cm³/mol. The first-order chi connectivity index (χ1) is 9.17. The highest BCUT2D eigenvalue weighted by molar-refractivity contribution is 5.30. The normalized spacial score (nSPS) is 12.6. The van der Waals surface area contributed by atoms with Gasteiger partial charge in [-0.2, -0.15) is 0 Å². The van der Waals surface area contributed by atoms with Gasteiger partial charge in [-0.1, -0.05) is 19.1 Å². The van der Waals surface area contributed by atoms with Gasteiger partial charge in [-0.05, 0) is 30.5 Å². The Bertz CT molecular complexity index is 550. The first-order valence-corrected chi connectivity index (χ1v) is 6.40. The van der Waals surface area contributed by atoms with Crippen LogP contribution in [0.1, 0.15) is 36.3 Å². The number of halogens is 1. The summed E-state index contributed by atoms with van der Waals surface area (Å²) in [5, 5.41) is 0.